The highest BCUT2D eigenvalue weighted by Crippen LogP contribution is 2.23. The summed E-state index contributed by atoms with van der Waals surface area (Å²) in [4.78, 5) is -0.155. The average molecular weight is 359 g/mol. The molecule has 0 unspecified atom stereocenters. The van der Waals surface area contributed by atoms with Gasteiger partial charge in [-0.15, -0.1) is 0 Å². The highest BCUT2D eigenvalue weighted by Gasteiger charge is 2.16. The molecule has 2 aromatic carbocycles. The molecule has 3 N–H and O–H groups in total. The van der Waals surface area contributed by atoms with Gasteiger partial charge in [0.25, 0.3) is 10.0 Å². The summed E-state index contributed by atoms with van der Waals surface area (Å²) in [5, 5.41) is 0. The Kier molecular flexibility index (Phi) is 4.01. The van der Waals surface area contributed by atoms with Crippen LogP contribution in [0.5, 0.6) is 0 Å². The highest BCUT2D eigenvalue weighted by molar-refractivity contribution is 9.10. The summed E-state index contributed by atoms with van der Waals surface area (Å²) in [6, 6.07) is 8.42. The van der Waals surface area contributed by atoms with E-state index < -0.39 is 15.8 Å². The van der Waals surface area contributed by atoms with E-state index in [2.05, 4.69) is 20.7 Å². The third-order valence-corrected chi connectivity index (χ3v) is 4.75. The average Bonchev–Trinajstić information content (AvgIpc) is 2.37. The van der Waals surface area contributed by atoms with E-state index in [-0.39, 0.29) is 9.37 Å². The minimum Gasteiger partial charge on any atom is -0.398 e. The Bertz CT molecular complexity index is 763. The van der Waals surface area contributed by atoms with Gasteiger partial charge in [0, 0.05) is 5.69 Å². The van der Waals surface area contributed by atoms with Crippen molar-refractivity contribution in [1.82, 2.24) is 0 Å². The minimum atomic E-state index is -3.85. The number of rotatable bonds is 3. The number of benzene rings is 2. The molecule has 0 aliphatic rings. The van der Waals surface area contributed by atoms with Crippen molar-refractivity contribution < 1.29 is 12.8 Å². The van der Waals surface area contributed by atoms with E-state index in [1.54, 1.807) is 12.1 Å². The molecule has 0 radical (unpaired) electrons. The lowest BCUT2D eigenvalue weighted by atomic mass is 10.2. The second-order valence-corrected chi connectivity index (χ2v) is 6.79. The van der Waals surface area contributed by atoms with Gasteiger partial charge in [0.05, 0.1) is 15.1 Å². The molecule has 0 aromatic heterocycles. The first-order chi connectivity index (χ1) is 9.29. The number of anilines is 2. The lowest BCUT2D eigenvalue weighted by Gasteiger charge is -2.10. The monoisotopic (exact) mass is 358 g/mol. The van der Waals surface area contributed by atoms with Crippen molar-refractivity contribution in [3.8, 4) is 0 Å². The molecule has 0 aliphatic carbocycles. The summed E-state index contributed by atoms with van der Waals surface area (Å²) in [6.07, 6.45) is 0. The van der Waals surface area contributed by atoms with Crippen molar-refractivity contribution in [1.29, 1.82) is 0 Å². The molecule has 0 bridgehead atoms. The first-order valence-corrected chi connectivity index (χ1v) is 7.91. The van der Waals surface area contributed by atoms with Crippen LogP contribution >= 0.6 is 15.9 Å². The maximum atomic E-state index is 13.4. The number of hydrogen-bond acceptors (Lipinski definition) is 3. The van der Waals surface area contributed by atoms with E-state index in [0.717, 1.165) is 11.6 Å². The number of nitrogens with two attached hydrogens (primary N) is 1. The number of aryl methyl sites for hydroxylation is 1. The Labute approximate surface area is 125 Å². The fourth-order valence-corrected chi connectivity index (χ4v) is 2.87. The molecule has 0 saturated carbocycles. The quantitative estimate of drug-likeness (QED) is 0.827. The molecule has 0 amide bonds. The lowest BCUT2D eigenvalue weighted by molar-refractivity contribution is 0.593. The molecule has 20 heavy (non-hydrogen) atoms. The predicted octanol–water partition coefficient (Wildman–Crippen LogP) is 3.28. The number of sulfonamides is 1. The second kappa shape index (κ2) is 5.41. The summed E-state index contributed by atoms with van der Waals surface area (Å²) in [5.41, 5.74) is 7.38. The molecule has 2 aromatic rings. The van der Waals surface area contributed by atoms with Crippen LogP contribution in [0.15, 0.2) is 45.8 Å². The van der Waals surface area contributed by atoms with Gasteiger partial charge < -0.3 is 5.73 Å². The molecule has 0 heterocycles. The number of nitrogens with one attached hydrogen (secondary N) is 1. The third kappa shape index (κ3) is 3.10. The van der Waals surface area contributed by atoms with Crippen LogP contribution in [-0.2, 0) is 10.0 Å². The fourth-order valence-electron chi connectivity index (χ4n) is 1.56. The summed E-state index contributed by atoms with van der Waals surface area (Å²) in [5.74, 6) is -0.642. The molecule has 2 rings (SSSR count). The van der Waals surface area contributed by atoms with Crippen molar-refractivity contribution in [2.45, 2.75) is 11.8 Å². The van der Waals surface area contributed by atoms with E-state index in [4.69, 9.17) is 5.73 Å². The van der Waals surface area contributed by atoms with Gasteiger partial charge in [0.1, 0.15) is 5.82 Å². The van der Waals surface area contributed by atoms with Crippen molar-refractivity contribution in [2.24, 2.45) is 0 Å². The van der Waals surface area contributed by atoms with E-state index >= 15 is 0 Å². The Morgan fingerprint density at radius 2 is 1.90 bits per heavy atom. The van der Waals surface area contributed by atoms with Crippen LogP contribution in [-0.4, -0.2) is 8.42 Å². The fraction of sp³-hybridized carbons (Fsp3) is 0.0769. The molecule has 4 nitrogen and oxygen atoms in total. The van der Waals surface area contributed by atoms with Crippen LogP contribution in [0.2, 0.25) is 0 Å². The van der Waals surface area contributed by atoms with E-state index in [1.165, 1.54) is 18.2 Å². The Balaban J connectivity index is 2.35. The molecule has 106 valence electrons. The first kappa shape index (κ1) is 14.8. The van der Waals surface area contributed by atoms with E-state index in [1.807, 2.05) is 6.92 Å². The normalized spacial score (nSPS) is 11.3. The summed E-state index contributed by atoms with van der Waals surface area (Å²) in [7, 11) is -3.85. The molecule has 0 fully saturated rings. The predicted molar refractivity (Wildman–Crippen MR) is 80.5 cm³/mol. The minimum absolute atomic E-state index is 0.155. The van der Waals surface area contributed by atoms with Gasteiger partial charge >= 0.3 is 0 Å². The third-order valence-electron chi connectivity index (χ3n) is 2.73. The maximum Gasteiger partial charge on any atom is 0.261 e. The van der Waals surface area contributed by atoms with Crippen LogP contribution < -0.4 is 10.5 Å². The standard InChI is InChI=1S/C13H12BrFN2O2S/c1-8-2-3-9(6-13(8)16)17-20(18,19)10-4-5-11(14)12(15)7-10/h2-7,17H,16H2,1H3. The lowest BCUT2D eigenvalue weighted by Crippen LogP contribution is -2.13. The van der Waals surface area contributed by atoms with Gasteiger partial charge in [-0.05, 0) is 58.7 Å². The van der Waals surface area contributed by atoms with E-state index in [0.29, 0.717) is 11.4 Å². The van der Waals surface area contributed by atoms with Crippen LogP contribution in [0, 0.1) is 12.7 Å². The van der Waals surface area contributed by atoms with Crippen molar-refractivity contribution in [2.75, 3.05) is 10.5 Å². The molecule has 0 atom stereocenters. The summed E-state index contributed by atoms with van der Waals surface area (Å²) in [6.45, 7) is 1.82. The molecular weight excluding hydrogens is 347 g/mol. The van der Waals surface area contributed by atoms with Gasteiger partial charge in [0.15, 0.2) is 0 Å². The van der Waals surface area contributed by atoms with Crippen molar-refractivity contribution >= 4 is 37.3 Å². The Hall–Kier alpha value is -1.60. The van der Waals surface area contributed by atoms with Gasteiger partial charge in [-0.3, -0.25) is 4.72 Å². The smallest absolute Gasteiger partial charge is 0.261 e. The van der Waals surface area contributed by atoms with Gasteiger partial charge in [-0.1, -0.05) is 6.07 Å². The van der Waals surface area contributed by atoms with Gasteiger partial charge in [-0.25, -0.2) is 12.8 Å². The maximum absolute atomic E-state index is 13.4. The highest BCUT2D eigenvalue weighted by atomic mass is 79.9. The number of halogens is 2. The zero-order valence-corrected chi connectivity index (χ0v) is 12.9. The molecule has 7 heteroatoms. The Morgan fingerprint density at radius 1 is 1.20 bits per heavy atom. The second-order valence-electron chi connectivity index (χ2n) is 4.25. The van der Waals surface area contributed by atoms with Crippen molar-refractivity contribution in [3.63, 3.8) is 0 Å². The zero-order chi connectivity index (χ0) is 14.9. The van der Waals surface area contributed by atoms with Gasteiger partial charge in [-0.2, -0.15) is 0 Å². The van der Waals surface area contributed by atoms with E-state index in [9.17, 15) is 12.8 Å². The number of hydrogen-bond donors (Lipinski definition) is 2. The molecule has 0 aliphatic heterocycles. The SMILES string of the molecule is Cc1ccc(NS(=O)(=O)c2ccc(Br)c(F)c2)cc1N. The van der Waals surface area contributed by atoms with Crippen LogP contribution in [0.4, 0.5) is 15.8 Å². The topological polar surface area (TPSA) is 72.2 Å². The molecular formula is C13H12BrFN2O2S. The summed E-state index contributed by atoms with van der Waals surface area (Å²) >= 11 is 2.97. The number of nitrogen functional groups attached to an aromatic ring is 1. The zero-order valence-electron chi connectivity index (χ0n) is 10.5. The first-order valence-electron chi connectivity index (χ1n) is 5.63. The molecule has 0 saturated heterocycles. The van der Waals surface area contributed by atoms with Crippen molar-refractivity contribution in [3.05, 3.63) is 52.3 Å². The van der Waals surface area contributed by atoms with Crippen LogP contribution in [0.1, 0.15) is 5.56 Å². The van der Waals surface area contributed by atoms with Crippen LogP contribution in [0.3, 0.4) is 0 Å². The molecule has 0 spiro atoms. The van der Waals surface area contributed by atoms with Gasteiger partial charge in [0.2, 0.25) is 0 Å². The summed E-state index contributed by atoms with van der Waals surface area (Å²) < 4.78 is 40.2. The van der Waals surface area contributed by atoms with Crippen LogP contribution in [0.25, 0.3) is 0 Å². The largest absolute Gasteiger partial charge is 0.398 e. The Morgan fingerprint density at radius 3 is 2.50 bits per heavy atom.